The van der Waals surface area contributed by atoms with Crippen molar-refractivity contribution in [3.63, 3.8) is 0 Å². The number of likely N-dealkylation sites (tertiary alicyclic amines) is 1. The van der Waals surface area contributed by atoms with Crippen molar-refractivity contribution in [2.24, 2.45) is 5.73 Å². The molecule has 0 aromatic heterocycles. The van der Waals surface area contributed by atoms with Crippen molar-refractivity contribution in [3.8, 4) is 0 Å². The predicted octanol–water partition coefficient (Wildman–Crippen LogP) is 1.36. The Bertz CT molecular complexity index is 226. The van der Waals surface area contributed by atoms with Crippen LogP contribution in [0.2, 0.25) is 0 Å². The second kappa shape index (κ2) is 10.2. The number of nitrogens with zero attached hydrogens (tertiary/aromatic N) is 2. The molecule has 2 atom stereocenters. The van der Waals surface area contributed by atoms with E-state index in [1.54, 1.807) is 0 Å². The van der Waals surface area contributed by atoms with E-state index in [1.165, 1.54) is 38.9 Å². The van der Waals surface area contributed by atoms with Gasteiger partial charge in [0.15, 0.2) is 0 Å². The Morgan fingerprint density at radius 2 is 1.79 bits per heavy atom. The van der Waals surface area contributed by atoms with Gasteiger partial charge in [-0.3, -0.25) is 9.80 Å². The molecule has 2 fully saturated rings. The van der Waals surface area contributed by atoms with Crippen molar-refractivity contribution >= 4 is 24.8 Å². The summed E-state index contributed by atoms with van der Waals surface area (Å²) in [5.41, 5.74) is 6.09. The van der Waals surface area contributed by atoms with Crippen LogP contribution < -0.4 is 5.73 Å². The molecule has 0 saturated carbocycles. The van der Waals surface area contributed by atoms with Gasteiger partial charge in [0.25, 0.3) is 0 Å². The monoisotopic (exact) mass is 313 g/mol. The SMILES string of the molecule is CC(N)C1CCCCN1CCN1CCOCC1.Cl.Cl. The van der Waals surface area contributed by atoms with Gasteiger partial charge >= 0.3 is 0 Å². The van der Waals surface area contributed by atoms with E-state index in [4.69, 9.17) is 10.5 Å². The zero-order valence-electron chi connectivity index (χ0n) is 11.9. The van der Waals surface area contributed by atoms with Gasteiger partial charge in [-0.15, -0.1) is 24.8 Å². The number of rotatable bonds is 4. The molecule has 2 aliphatic heterocycles. The van der Waals surface area contributed by atoms with E-state index in [0.29, 0.717) is 12.1 Å². The Balaban J connectivity index is 0.00000162. The molecule has 0 bridgehead atoms. The highest BCUT2D eigenvalue weighted by Crippen LogP contribution is 2.18. The molecular weight excluding hydrogens is 285 g/mol. The highest BCUT2D eigenvalue weighted by atomic mass is 35.5. The van der Waals surface area contributed by atoms with Crippen LogP contribution in [-0.2, 0) is 4.74 Å². The van der Waals surface area contributed by atoms with E-state index in [1.807, 2.05) is 0 Å². The van der Waals surface area contributed by atoms with Gasteiger partial charge in [0.05, 0.1) is 13.2 Å². The summed E-state index contributed by atoms with van der Waals surface area (Å²) < 4.78 is 5.38. The second-order valence-corrected chi connectivity index (χ2v) is 5.41. The van der Waals surface area contributed by atoms with Gasteiger partial charge in [0, 0.05) is 38.3 Å². The van der Waals surface area contributed by atoms with Crippen molar-refractivity contribution < 1.29 is 4.74 Å². The van der Waals surface area contributed by atoms with Crippen molar-refractivity contribution in [2.45, 2.75) is 38.3 Å². The molecule has 2 rings (SSSR count). The summed E-state index contributed by atoms with van der Waals surface area (Å²) >= 11 is 0. The minimum absolute atomic E-state index is 0. The lowest BCUT2D eigenvalue weighted by molar-refractivity contribution is 0.0271. The topological polar surface area (TPSA) is 41.7 Å². The molecule has 0 aromatic carbocycles. The number of morpholine rings is 1. The maximum Gasteiger partial charge on any atom is 0.0594 e. The Hall–Kier alpha value is 0.420. The van der Waals surface area contributed by atoms with Crippen LogP contribution in [0, 0.1) is 0 Å². The van der Waals surface area contributed by atoms with Crippen molar-refractivity contribution in [1.29, 1.82) is 0 Å². The fourth-order valence-corrected chi connectivity index (χ4v) is 2.98. The summed E-state index contributed by atoms with van der Waals surface area (Å²) in [4.78, 5) is 5.11. The van der Waals surface area contributed by atoms with Crippen molar-refractivity contribution in [2.75, 3.05) is 45.9 Å². The maximum atomic E-state index is 6.09. The molecule has 0 radical (unpaired) electrons. The summed E-state index contributed by atoms with van der Waals surface area (Å²) in [5, 5.41) is 0. The fraction of sp³-hybridized carbons (Fsp3) is 1.00. The lowest BCUT2D eigenvalue weighted by Crippen LogP contribution is -2.51. The summed E-state index contributed by atoms with van der Waals surface area (Å²) in [6.45, 7) is 9.72. The van der Waals surface area contributed by atoms with Gasteiger partial charge in [0.1, 0.15) is 0 Å². The highest BCUT2D eigenvalue weighted by molar-refractivity contribution is 5.85. The molecule has 116 valence electrons. The van der Waals surface area contributed by atoms with Gasteiger partial charge in [-0.05, 0) is 26.3 Å². The van der Waals surface area contributed by atoms with E-state index in [-0.39, 0.29) is 24.8 Å². The fourth-order valence-electron chi connectivity index (χ4n) is 2.98. The number of hydrogen-bond acceptors (Lipinski definition) is 4. The molecule has 2 unspecified atom stereocenters. The quantitative estimate of drug-likeness (QED) is 0.851. The lowest BCUT2D eigenvalue weighted by Gasteiger charge is -2.39. The van der Waals surface area contributed by atoms with Crippen LogP contribution in [-0.4, -0.2) is 67.8 Å². The lowest BCUT2D eigenvalue weighted by atomic mass is 9.97. The first-order valence-electron chi connectivity index (χ1n) is 7.07. The first-order valence-corrected chi connectivity index (χ1v) is 7.07. The average Bonchev–Trinajstić information content (AvgIpc) is 2.38. The number of ether oxygens (including phenoxy) is 1. The molecule has 19 heavy (non-hydrogen) atoms. The first-order chi connectivity index (χ1) is 8.27. The van der Waals surface area contributed by atoms with E-state index in [9.17, 15) is 0 Å². The van der Waals surface area contributed by atoms with Gasteiger partial charge in [-0.1, -0.05) is 6.42 Å². The van der Waals surface area contributed by atoms with Gasteiger partial charge in [-0.25, -0.2) is 0 Å². The maximum absolute atomic E-state index is 6.09. The average molecular weight is 314 g/mol. The van der Waals surface area contributed by atoms with Gasteiger partial charge in [-0.2, -0.15) is 0 Å². The Morgan fingerprint density at radius 1 is 1.11 bits per heavy atom. The minimum atomic E-state index is 0. The van der Waals surface area contributed by atoms with Crippen LogP contribution in [0.4, 0.5) is 0 Å². The van der Waals surface area contributed by atoms with Crippen LogP contribution in [0.1, 0.15) is 26.2 Å². The molecule has 0 spiro atoms. The molecule has 0 amide bonds. The molecule has 6 heteroatoms. The van der Waals surface area contributed by atoms with Crippen molar-refractivity contribution in [3.05, 3.63) is 0 Å². The molecule has 2 N–H and O–H groups in total. The van der Waals surface area contributed by atoms with Crippen LogP contribution in [0.5, 0.6) is 0 Å². The third-order valence-corrected chi connectivity index (χ3v) is 4.08. The molecule has 2 aliphatic rings. The van der Waals surface area contributed by atoms with Crippen LogP contribution >= 0.6 is 24.8 Å². The summed E-state index contributed by atoms with van der Waals surface area (Å²) in [5.74, 6) is 0. The standard InChI is InChI=1S/C13H27N3O.2ClH/c1-12(14)13-4-2-3-5-16(13)7-6-15-8-10-17-11-9-15;;/h12-13H,2-11,14H2,1H3;2*1H. The second-order valence-electron chi connectivity index (χ2n) is 5.41. The molecule has 2 saturated heterocycles. The van der Waals surface area contributed by atoms with Crippen LogP contribution in [0.25, 0.3) is 0 Å². The summed E-state index contributed by atoms with van der Waals surface area (Å²) in [7, 11) is 0. The minimum Gasteiger partial charge on any atom is -0.379 e. The molecule has 0 aliphatic carbocycles. The summed E-state index contributed by atoms with van der Waals surface area (Å²) in [6, 6.07) is 0.907. The third-order valence-electron chi connectivity index (χ3n) is 4.08. The van der Waals surface area contributed by atoms with Gasteiger partial charge < -0.3 is 10.5 Å². The third kappa shape index (κ3) is 6.15. The molecule has 4 nitrogen and oxygen atoms in total. The van der Waals surface area contributed by atoms with E-state index >= 15 is 0 Å². The van der Waals surface area contributed by atoms with E-state index in [0.717, 1.165) is 26.3 Å². The number of nitrogens with two attached hydrogens (primary N) is 1. The normalized spacial score (nSPS) is 27.2. The Labute approximate surface area is 129 Å². The first kappa shape index (κ1) is 19.4. The zero-order chi connectivity index (χ0) is 12.1. The zero-order valence-corrected chi connectivity index (χ0v) is 13.6. The summed E-state index contributed by atoms with van der Waals surface area (Å²) in [6.07, 6.45) is 3.97. The largest absolute Gasteiger partial charge is 0.379 e. The molecular formula is C13H29Cl2N3O. The number of piperidine rings is 1. The number of hydrogen-bond donors (Lipinski definition) is 1. The predicted molar refractivity (Wildman–Crippen MR) is 84.6 cm³/mol. The molecule has 0 aromatic rings. The molecule has 2 heterocycles. The van der Waals surface area contributed by atoms with Crippen molar-refractivity contribution in [1.82, 2.24) is 9.80 Å². The smallest absolute Gasteiger partial charge is 0.0594 e. The number of halogens is 2. The Morgan fingerprint density at radius 3 is 2.42 bits per heavy atom. The van der Waals surface area contributed by atoms with Gasteiger partial charge in [0.2, 0.25) is 0 Å². The van der Waals surface area contributed by atoms with Crippen LogP contribution in [0.3, 0.4) is 0 Å². The van der Waals surface area contributed by atoms with E-state index in [2.05, 4.69) is 16.7 Å². The van der Waals surface area contributed by atoms with Crippen LogP contribution in [0.15, 0.2) is 0 Å². The highest BCUT2D eigenvalue weighted by Gasteiger charge is 2.25. The Kier molecular flexibility index (Phi) is 10.4. The van der Waals surface area contributed by atoms with E-state index < -0.39 is 0 Å².